The van der Waals surface area contributed by atoms with Crippen LogP contribution >= 0.6 is 15.9 Å². The highest BCUT2D eigenvalue weighted by Crippen LogP contribution is 2.30. The molecule has 0 bridgehead atoms. The summed E-state index contributed by atoms with van der Waals surface area (Å²) in [4.78, 5) is 38.4. The normalized spacial score (nSPS) is 20.0. The van der Waals surface area contributed by atoms with E-state index in [1.165, 1.54) is 32.5 Å². The number of carbonyl (C=O) groups is 2. The number of benzene rings is 1. The Morgan fingerprint density at radius 3 is 2.41 bits per heavy atom. The number of nitrogens with one attached hydrogen (secondary N) is 1. The number of rotatable bonds is 8. The first-order chi connectivity index (χ1) is 21.9. The molecule has 0 radical (unpaired) electrons. The van der Waals surface area contributed by atoms with Gasteiger partial charge in [0.15, 0.2) is 5.82 Å². The molecule has 11 nitrogen and oxygen atoms in total. The number of carboxylic acid groups (broad SMARTS) is 1. The summed E-state index contributed by atoms with van der Waals surface area (Å²) in [6.45, 7) is 8.83. The van der Waals surface area contributed by atoms with Gasteiger partial charge in [0.25, 0.3) is 5.91 Å². The lowest BCUT2D eigenvalue weighted by Gasteiger charge is -2.38. The highest BCUT2D eigenvalue weighted by Gasteiger charge is 2.38. The van der Waals surface area contributed by atoms with E-state index in [2.05, 4.69) is 59.1 Å². The van der Waals surface area contributed by atoms with Gasteiger partial charge in [-0.1, -0.05) is 25.0 Å². The first-order valence-electron chi connectivity index (χ1n) is 15.5. The van der Waals surface area contributed by atoms with Crippen LogP contribution < -0.4 is 10.4 Å². The molecule has 250 valence electrons. The van der Waals surface area contributed by atoms with Crippen LogP contribution in [0.25, 0.3) is 0 Å². The number of likely N-dealkylation sites (tertiary alicyclic amines) is 1. The van der Waals surface area contributed by atoms with Gasteiger partial charge in [0.05, 0.1) is 10.5 Å². The summed E-state index contributed by atoms with van der Waals surface area (Å²) in [6.07, 6.45) is 3.29. The lowest BCUT2D eigenvalue weighted by Crippen LogP contribution is -2.49. The maximum Gasteiger partial charge on any atom is 0.490 e. The average molecular weight is 710 g/mol. The molecule has 2 aromatic rings. The standard InChI is InChI=1S/C29H39BrN8O.C2HF3O2/c1-35-11-5-7-23(19-35)21-37-14-12-36(13-15-37)20-22-6-4-8-24(16-22)29(39)34-38(25-9-2-3-10-25)28-26(30)18-32-27(17-31)33-28;3-2(4,5)1(6)7/h4,6,8,16,18,23,25H,2-3,5,7,9-15,19-21H2,1H3,(H,34,39);(H,6,7). The summed E-state index contributed by atoms with van der Waals surface area (Å²) in [5.41, 5.74) is 4.88. The third-order valence-electron chi connectivity index (χ3n) is 8.51. The Bertz CT molecular complexity index is 1380. The maximum atomic E-state index is 13.5. The van der Waals surface area contributed by atoms with Gasteiger partial charge in [0.2, 0.25) is 5.82 Å². The fourth-order valence-electron chi connectivity index (χ4n) is 6.22. The molecule has 2 N–H and O–H groups in total. The van der Waals surface area contributed by atoms with Gasteiger partial charge in [0.1, 0.15) is 6.07 Å². The lowest BCUT2D eigenvalue weighted by molar-refractivity contribution is -0.192. The van der Waals surface area contributed by atoms with E-state index < -0.39 is 12.1 Å². The number of carboxylic acids is 1. The van der Waals surface area contributed by atoms with E-state index in [4.69, 9.17) is 9.90 Å². The van der Waals surface area contributed by atoms with Crippen molar-refractivity contribution in [3.8, 4) is 6.07 Å². The van der Waals surface area contributed by atoms with Crippen LogP contribution in [-0.2, 0) is 11.3 Å². The maximum absolute atomic E-state index is 13.5. The van der Waals surface area contributed by atoms with Crippen LogP contribution in [0.5, 0.6) is 0 Å². The number of anilines is 1. The molecule has 1 atom stereocenters. The van der Waals surface area contributed by atoms with E-state index in [0.717, 1.165) is 69.9 Å². The van der Waals surface area contributed by atoms with Crippen LogP contribution in [0.15, 0.2) is 34.9 Å². The Balaban J connectivity index is 0.000000617. The fourth-order valence-corrected chi connectivity index (χ4v) is 6.60. The van der Waals surface area contributed by atoms with Gasteiger partial charge in [0, 0.05) is 57.6 Å². The lowest BCUT2D eigenvalue weighted by atomic mass is 9.97. The molecule has 1 aromatic heterocycles. The molecule has 3 fully saturated rings. The molecular formula is C31H40BrF3N8O3. The molecule has 3 aliphatic rings. The number of carbonyl (C=O) groups excluding carboxylic acids is 1. The van der Waals surface area contributed by atoms with E-state index in [9.17, 15) is 23.2 Å². The number of alkyl halides is 3. The van der Waals surface area contributed by atoms with Crippen molar-refractivity contribution in [3.63, 3.8) is 0 Å². The van der Waals surface area contributed by atoms with Crippen molar-refractivity contribution >= 4 is 33.6 Å². The van der Waals surface area contributed by atoms with Crippen LogP contribution in [0.4, 0.5) is 19.0 Å². The van der Waals surface area contributed by atoms with Crippen molar-refractivity contribution in [3.05, 3.63) is 51.9 Å². The van der Waals surface area contributed by atoms with Crippen molar-refractivity contribution in [1.29, 1.82) is 5.26 Å². The zero-order valence-electron chi connectivity index (χ0n) is 25.8. The minimum atomic E-state index is -5.08. The molecule has 3 heterocycles. The largest absolute Gasteiger partial charge is 0.490 e. The van der Waals surface area contributed by atoms with Crippen molar-refractivity contribution in [1.82, 2.24) is 30.1 Å². The van der Waals surface area contributed by atoms with E-state index in [1.807, 2.05) is 29.3 Å². The predicted octanol–water partition coefficient (Wildman–Crippen LogP) is 4.30. The molecule has 0 spiro atoms. The third-order valence-corrected chi connectivity index (χ3v) is 9.07. The highest BCUT2D eigenvalue weighted by atomic mass is 79.9. The van der Waals surface area contributed by atoms with Crippen LogP contribution in [0.1, 0.15) is 60.3 Å². The predicted molar refractivity (Wildman–Crippen MR) is 169 cm³/mol. The smallest absolute Gasteiger partial charge is 0.475 e. The number of aromatic nitrogens is 2. The monoisotopic (exact) mass is 708 g/mol. The zero-order chi connectivity index (χ0) is 33.3. The molecule has 1 aromatic carbocycles. The second-order valence-electron chi connectivity index (χ2n) is 12.1. The van der Waals surface area contributed by atoms with Crippen LogP contribution in [0.3, 0.4) is 0 Å². The number of nitrogens with zero attached hydrogens (tertiary/aromatic N) is 7. The van der Waals surface area contributed by atoms with Gasteiger partial charge < -0.3 is 14.9 Å². The van der Waals surface area contributed by atoms with E-state index in [0.29, 0.717) is 15.9 Å². The molecule has 46 heavy (non-hydrogen) atoms. The summed E-state index contributed by atoms with van der Waals surface area (Å²) in [7, 11) is 2.24. The zero-order valence-corrected chi connectivity index (χ0v) is 27.4. The fraction of sp³-hybridized carbons (Fsp3) is 0.581. The number of nitriles is 1. The van der Waals surface area contributed by atoms with Gasteiger partial charge in [-0.15, -0.1) is 0 Å². The molecule has 15 heteroatoms. The minimum absolute atomic E-state index is 0.0821. The molecular weight excluding hydrogens is 669 g/mol. The molecule has 2 saturated heterocycles. The Morgan fingerprint density at radius 2 is 1.78 bits per heavy atom. The van der Waals surface area contributed by atoms with Crippen molar-refractivity contribution < 1.29 is 27.9 Å². The first kappa shape index (κ1) is 35.5. The second kappa shape index (κ2) is 16.5. The Kier molecular flexibility index (Phi) is 12.7. The number of aliphatic carboxylic acids is 1. The van der Waals surface area contributed by atoms with Crippen LogP contribution in [0.2, 0.25) is 0 Å². The Morgan fingerprint density at radius 1 is 1.11 bits per heavy atom. The Labute approximate surface area is 275 Å². The van der Waals surface area contributed by atoms with E-state index in [-0.39, 0.29) is 17.8 Å². The number of amides is 1. The van der Waals surface area contributed by atoms with Gasteiger partial charge in [-0.2, -0.15) is 23.4 Å². The highest BCUT2D eigenvalue weighted by molar-refractivity contribution is 9.10. The van der Waals surface area contributed by atoms with Crippen molar-refractivity contribution in [2.75, 3.05) is 57.9 Å². The average Bonchev–Trinajstić information content (AvgIpc) is 3.56. The number of piperazine rings is 1. The van der Waals surface area contributed by atoms with Crippen LogP contribution in [0, 0.1) is 17.2 Å². The number of halogens is 4. The van der Waals surface area contributed by atoms with E-state index in [1.54, 1.807) is 6.20 Å². The second-order valence-corrected chi connectivity index (χ2v) is 12.9. The minimum Gasteiger partial charge on any atom is -0.475 e. The van der Waals surface area contributed by atoms with Crippen molar-refractivity contribution in [2.24, 2.45) is 5.92 Å². The molecule has 1 unspecified atom stereocenters. The number of hydrogen-bond acceptors (Lipinski definition) is 9. The quantitative estimate of drug-likeness (QED) is 0.383. The number of piperidine rings is 1. The summed E-state index contributed by atoms with van der Waals surface area (Å²) in [6, 6.07) is 10.1. The van der Waals surface area contributed by atoms with Gasteiger partial charge >= 0.3 is 12.1 Å². The summed E-state index contributed by atoms with van der Waals surface area (Å²) < 4.78 is 32.4. The van der Waals surface area contributed by atoms with E-state index >= 15 is 0 Å². The topological polar surface area (TPSA) is 129 Å². The van der Waals surface area contributed by atoms with Crippen molar-refractivity contribution in [2.45, 2.75) is 57.3 Å². The molecule has 1 amide bonds. The molecule has 1 saturated carbocycles. The van der Waals surface area contributed by atoms with Crippen LogP contribution in [-0.4, -0.2) is 107 Å². The number of hydrogen-bond donors (Lipinski definition) is 2. The molecule has 1 aliphatic carbocycles. The third kappa shape index (κ3) is 10.3. The number of hydrazine groups is 1. The van der Waals surface area contributed by atoms with Gasteiger partial charge in [-0.05, 0) is 78.8 Å². The summed E-state index contributed by atoms with van der Waals surface area (Å²) >= 11 is 3.52. The molecule has 2 aliphatic heterocycles. The SMILES string of the molecule is CN1CCCC(CN2CCN(Cc3cccc(C(=O)NN(c4nc(C#N)ncc4Br)C4CCCC4)c3)CC2)C1.O=C(O)C(F)(F)F. The summed E-state index contributed by atoms with van der Waals surface area (Å²) in [5, 5.41) is 18.3. The van der Waals surface area contributed by atoms with Gasteiger partial charge in [-0.3, -0.25) is 20.1 Å². The van der Waals surface area contributed by atoms with Gasteiger partial charge in [-0.25, -0.2) is 9.78 Å². The summed E-state index contributed by atoms with van der Waals surface area (Å²) in [5.74, 6) is -1.53. The first-order valence-corrected chi connectivity index (χ1v) is 16.3. The molecule has 5 rings (SSSR count). The Hall–Kier alpha value is -3.32.